The lowest BCUT2D eigenvalue weighted by molar-refractivity contribution is 0.218. The van der Waals surface area contributed by atoms with Crippen molar-refractivity contribution in [3.05, 3.63) is 11.9 Å². The van der Waals surface area contributed by atoms with Crippen LogP contribution in [0.1, 0.15) is 18.4 Å². The summed E-state index contributed by atoms with van der Waals surface area (Å²) in [6.07, 6.45) is 3.45. The third-order valence-electron chi connectivity index (χ3n) is 3.73. The largest absolute Gasteiger partial charge is 0.356 e. The molecule has 0 aliphatic carbocycles. The van der Waals surface area contributed by atoms with Gasteiger partial charge in [-0.15, -0.1) is 12.4 Å². The van der Waals surface area contributed by atoms with Crippen molar-refractivity contribution in [2.75, 3.05) is 30.4 Å². The molecule has 0 saturated carbocycles. The second-order valence-corrected chi connectivity index (χ2v) is 5.14. The van der Waals surface area contributed by atoms with E-state index in [1.165, 1.54) is 6.33 Å². The summed E-state index contributed by atoms with van der Waals surface area (Å²) in [7, 11) is 1.77. The normalized spacial score (nSPS) is 19.2. The van der Waals surface area contributed by atoms with Crippen LogP contribution < -0.4 is 16.0 Å². The molecule has 2 aliphatic rings. The Hall–Kier alpha value is -1.60. The molecule has 2 amide bonds. The van der Waals surface area contributed by atoms with Crippen LogP contribution in [0.5, 0.6) is 0 Å². The average Bonchev–Trinajstić information content (AvgIpc) is 2.41. The molecule has 0 radical (unpaired) electrons. The van der Waals surface area contributed by atoms with Crippen LogP contribution in [0.4, 0.5) is 16.4 Å². The van der Waals surface area contributed by atoms with E-state index in [0.717, 1.165) is 37.3 Å². The van der Waals surface area contributed by atoms with Gasteiger partial charge in [0.2, 0.25) is 0 Å². The fourth-order valence-electron chi connectivity index (χ4n) is 2.55. The molecular formula is C12H19ClN6O. The fourth-order valence-corrected chi connectivity index (χ4v) is 2.55. The molecule has 0 spiro atoms. The van der Waals surface area contributed by atoms with Crippen molar-refractivity contribution in [3.8, 4) is 0 Å². The first-order valence-electron chi connectivity index (χ1n) is 6.51. The van der Waals surface area contributed by atoms with E-state index in [-0.39, 0.29) is 24.5 Å². The number of anilines is 2. The zero-order chi connectivity index (χ0) is 13.4. The Morgan fingerprint density at radius 2 is 2.05 bits per heavy atom. The lowest BCUT2D eigenvalue weighted by atomic mass is 10.1. The highest BCUT2D eigenvalue weighted by Gasteiger charge is 2.27. The Kier molecular flexibility index (Phi) is 4.29. The van der Waals surface area contributed by atoms with Gasteiger partial charge in [0.15, 0.2) is 0 Å². The molecule has 0 bridgehead atoms. The molecule has 1 aromatic heterocycles. The van der Waals surface area contributed by atoms with E-state index in [2.05, 4.69) is 20.2 Å². The van der Waals surface area contributed by atoms with Crippen LogP contribution in [0, 0.1) is 0 Å². The summed E-state index contributed by atoms with van der Waals surface area (Å²) in [5.41, 5.74) is 6.91. The van der Waals surface area contributed by atoms with Gasteiger partial charge in [-0.2, -0.15) is 0 Å². The zero-order valence-corrected chi connectivity index (χ0v) is 12.2. The topological polar surface area (TPSA) is 87.4 Å². The summed E-state index contributed by atoms with van der Waals surface area (Å²) in [4.78, 5) is 24.0. The van der Waals surface area contributed by atoms with Crippen LogP contribution in [0.2, 0.25) is 0 Å². The monoisotopic (exact) mass is 298 g/mol. The maximum Gasteiger partial charge on any atom is 0.323 e. The number of amides is 2. The average molecular weight is 299 g/mol. The maximum absolute atomic E-state index is 11.6. The highest BCUT2D eigenvalue weighted by Crippen LogP contribution is 2.29. The summed E-state index contributed by atoms with van der Waals surface area (Å²) >= 11 is 0. The van der Waals surface area contributed by atoms with Crippen molar-refractivity contribution >= 4 is 30.1 Å². The van der Waals surface area contributed by atoms with Crippen LogP contribution in [0.25, 0.3) is 0 Å². The summed E-state index contributed by atoms with van der Waals surface area (Å²) in [5.74, 6) is 1.55. The lowest BCUT2D eigenvalue weighted by Crippen LogP contribution is -2.42. The number of carbonyl (C=O) groups is 1. The van der Waals surface area contributed by atoms with Crippen LogP contribution in [0.15, 0.2) is 6.33 Å². The molecule has 3 N–H and O–H groups in total. The van der Waals surface area contributed by atoms with Crippen molar-refractivity contribution in [2.24, 2.45) is 5.73 Å². The first kappa shape index (κ1) is 14.8. The van der Waals surface area contributed by atoms with E-state index in [9.17, 15) is 4.79 Å². The van der Waals surface area contributed by atoms with Crippen LogP contribution in [0.3, 0.4) is 0 Å². The third kappa shape index (κ3) is 2.64. The van der Waals surface area contributed by atoms with Gasteiger partial charge in [-0.1, -0.05) is 0 Å². The molecule has 0 atom stereocenters. The molecular weight excluding hydrogens is 280 g/mol. The Labute approximate surface area is 124 Å². The minimum absolute atomic E-state index is 0. The van der Waals surface area contributed by atoms with Crippen molar-refractivity contribution < 1.29 is 4.79 Å². The number of hydrogen-bond acceptors (Lipinski definition) is 5. The third-order valence-corrected chi connectivity index (χ3v) is 3.73. The highest BCUT2D eigenvalue weighted by molar-refractivity contribution is 5.91. The zero-order valence-electron chi connectivity index (χ0n) is 11.4. The molecule has 3 heterocycles. The van der Waals surface area contributed by atoms with Crippen LogP contribution >= 0.6 is 12.4 Å². The number of halogens is 1. The van der Waals surface area contributed by atoms with Gasteiger partial charge < -0.3 is 15.5 Å². The molecule has 1 fully saturated rings. The SMILES string of the molecule is CN1Cc2c(ncnc2N2CCC(N)CC2)NC1=O.Cl. The smallest absolute Gasteiger partial charge is 0.323 e. The molecule has 20 heavy (non-hydrogen) atoms. The lowest BCUT2D eigenvalue weighted by Gasteiger charge is -2.34. The predicted octanol–water partition coefficient (Wildman–Crippen LogP) is 0.803. The molecule has 0 aromatic carbocycles. The van der Waals surface area contributed by atoms with E-state index in [0.29, 0.717) is 12.4 Å². The molecule has 7 nitrogen and oxygen atoms in total. The second-order valence-electron chi connectivity index (χ2n) is 5.14. The van der Waals surface area contributed by atoms with Gasteiger partial charge in [-0.25, -0.2) is 14.8 Å². The maximum atomic E-state index is 11.6. The number of aromatic nitrogens is 2. The minimum Gasteiger partial charge on any atom is -0.356 e. The quantitative estimate of drug-likeness (QED) is 0.801. The molecule has 8 heteroatoms. The Bertz CT molecular complexity index is 503. The van der Waals surface area contributed by atoms with E-state index in [1.54, 1.807) is 11.9 Å². The number of nitrogens with one attached hydrogen (secondary N) is 1. The van der Waals surface area contributed by atoms with Gasteiger partial charge in [0, 0.05) is 26.2 Å². The van der Waals surface area contributed by atoms with Gasteiger partial charge in [0.25, 0.3) is 0 Å². The van der Waals surface area contributed by atoms with Crippen molar-refractivity contribution in [1.82, 2.24) is 14.9 Å². The van der Waals surface area contributed by atoms with E-state index in [4.69, 9.17) is 5.73 Å². The fraction of sp³-hybridized carbons (Fsp3) is 0.583. The molecule has 1 aromatic rings. The second kappa shape index (κ2) is 5.80. The number of urea groups is 1. The van der Waals surface area contributed by atoms with Gasteiger partial charge in [-0.3, -0.25) is 5.32 Å². The summed E-state index contributed by atoms with van der Waals surface area (Å²) in [5, 5.41) is 2.78. The Morgan fingerprint density at radius 3 is 2.75 bits per heavy atom. The molecule has 1 saturated heterocycles. The number of hydrogen-bond donors (Lipinski definition) is 2. The standard InChI is InChI=1S/C12H18N6O.ClH/c1-17-6-9-10(16-12(17)19)14-7-15-11(9)18-4-2-8(13)3-5-18;/h7-8H,2-6,13H2,1H3,(H,14,15,16,19);1H. The van der Waals surface area contributed by atoms with Crippen LogP contribution in [-0.2, 0) is 6.54 Å². The number of nitrogens with zero attached hydrogens (tertiary/aromatic N) is 4. The van der Waals surface area contributed by atoms with E-state index < -0.39 is 0 Å². The number of rotatable bonds is 1. The van der Waals surface area contributed by atoms with Crippen molar-refractivity contribution in [2.45, 2.75) is 25.4 Å². The van der Waals surface area contributed by atoms with E-state index in [1.807, 2.05) is 0 Å². The molecule has 110 valence electrons. The molecule has 0 unspecified atom stereocenters. The number of fused-ring (bicyclic) bond motifs is 1. The number of piperidine rings is 1. The Balaban J connectivity index is 0.00000147. The van der Waals surface area contributed by atoms with Gasteiger partial charge >= 0.3 is 6.03 Å². The summed E-state index contributed by atoms with van der Waals surface area (Å²) in [6.45, 7) is 2.35. The van der Waals surface area contributed by atoms with Crippen LogP contribution in [-0.4, -0.2) is 47.1 Å². The molecule has 3 rings (SSSR count). The number of nitrogens with two attached hydrogens (primary N) is 1. The van der Waals surface area contributed by atoms with Crippen molar-refractivity contribution in [1.29, 1.82) is 0 Å². The van der Waals surface area contributed by atoms with Gasteiger partial charge in [0.1, 0.15) is 18.0 Å². The van der Waals surface area contributed by atoms with E-state index >= 15 is 0 Å². The Morgan fingerprint density at radius 1 is 1.35 bits per heavy atom. The van der Waals surface area contributed by atoms with Gasteiger partial charge in [0.05, 0.1) is 12.1 Å². The minimum atomic E-state index is -0.127. The van der Waals surface area contributed by atoms with Crippen molar-refractivity contribution in [3.63, 3.8) is 0 Å². The highest BCUT2D eigenvalue weighted by atomic mass is 35.5. The first-order chi connectivity index (χ1) is 9.15. The molecule has 2 aliphatic heterocycles. The van der Waals surface area contributed by atoms with Gasteiger partial charge in [-0.05, 0) is 12.8 Å². The summed E-state index contributed by atoms with van der Waals surface area (Å²) < 4.78 is 0. The summed E-state index contributed by atoms with van der Waals surface area (Å²) in [6, 6.07) is 0.161. The predicted molar refractivity (Wildman–Crippen MR) is 79.2 cm³/mol. The number of carbonyl (C=O) groups excluding carboxylic acids is 1. The first-order valence-corrected chi connectivity index (χ1v) is 6.51.